The summed E-state index contributed by atoms with van der Waals surface area (Å²) in [6.45, 7) is 12.8. The number of piperazine rings is 1. The van der Waals surface area contributed by atoms with Crippen LogP contribution < -0.4 is 10.2 Å². The average molecular weight is 531 g/mol. The summed E-state index contributed by atoms with van der Waals surface area (Å²) in [4.78, 5) is 12.2. The molecule has 1 spiro atoms. The van der Waals surface area contributed by atoms with Gasteiger partial charge in [-0.25, -0.2) is 4.39 Å². The number of halogens is 2. The first-order valence-electron chi connectivity index (χ1n) is 11.0. The maximum Gasteiger partial charge on any atom is 0.193 e. The zero-order valence-corrected chi connectivity index (χ0v) is 20.3. The number of hydrogen-bond acceptors (Lipinski definition) is 4. The van der Waals surface area contributed by atoms with Gasteiger partial charge in [-0.15, -0.1) is 24.0 Å². The number of ether oxygens (including phenoxy) is 1. The SMILES string of the molecule is CCNC(=NCCN1CCN(c2ccc(F)cc2)CC1)N1CCC2(CCOC2)C1.I. The number of likely N-dealkylation sites (tertiary alicyclic amines) is 1. The van der Waals surface area contributed by atoms with Crippen LogP contribution in [0.1, 0.15) is 19.8 Å². The molecule has 0 radical (unpaired) electrons. The van der Waals surface area contributed by atoms with Crippen molar-refractivity contribution in [3.05, 3.63) is 30.1 Å². The van der Waals surface area contributed by atoms with E-state index in [9.17, 15) is 4.39 Å². The first-order valence-corrected chi connectivity index (χ1v) is 11.0. The molecule has 3 aliphatic heterocycles. The molecular weight excluding hydrogens is 496 g/mol. The molecular formula is C22H35FIN5O. The highest BCUT2D eigenvalue weighted by Crippen LogP contribution is 2.38. The molecule has 168 valence electrons. The van der Waals surface area contributed by atoms with E-state index < -0.39 is 0 Å². The van der Waals surface area contributed by atoms with E-state index in [0.717, 1.165) is 83.8 Å². The standard InChI is InChI=1S/C22H34FN5O.HI/c1-2-24-21(28-10-7-22(17-28)8-16-29-18-22)25-9-11-26-12-14-27(15-13-26)20-5-3-19(23)4-6-20;/h3-6H,2,7-18H2,1H3,(H,24,25);1H. The number of rotatable bonds is 5. The molecule has 3 fully saturated rings. The van der Waals surface area contributed by atoms with E-state index in [1.54, 1.807) is 12.1 Å². The first-order chi connectivity index (χ1) is 14.2. The Morgan fingerprint density at radius 2 is 1.90 bits per heavy atom. The van der Waals surface area contributed by atoms with Gasteiger partial charge >= 0.3 is 0 Å². The van der Waals surface area contributed by atoms with Crippen LogP contribution in [-0.4, -0.2) is 87.9 Å². The molecule has 0 bridgehead atoms. The Kier molecular flexibility index (Phi) is 8.59. The lowest BCUT2D eigenvalue weighted by molar-refractivity contribution is 0.156. The smallest absolute Gasteiger partial charge is 0.193 e. The quantitative estimate of drug-likeness (QED) is 0.360. The van der Waals surface area contributed by atoms with Crippen molar-refractivity contribution < 1.29 is 9.13 Å². The molecule has 0 saturated carbocycles. The lowest BCUT2D eigenvalue weighted by Gasteiger charge is -2.36. The van der Waals surface area contributed by atoms with Crippen LogP contribution in [0.5, 0.6) is 0 Å². The van der Waals surface area contributed by atoms with Crippen molar-refractivity contribution >= 4 is 35.6 Å². The third-order valence-corrected chi connectivity index (χ3v) is 6.50. The highest BCUT2D eigenvalue weighted by atomic mass is 127. The maximum absolute atomic E-state index is 13.1. The summed E-state index contributed by atoms with van der Waals surface area (Å²) in [7, 11) is 0. The summed E-state index contributed by atoms with van der Waals surface area (Å²) in [6, 6.07) is 6.82. The minimum Gasteiger partial charge on any atom is -0.381 e. The van der Waals surface area contributed by atoms with E-state index in [4.69, 9.17) is 9.73 Å². The van der Waals surface area contributed by atoms with Gasteiger partial charge < -0.3 is 19.9 Å². The van der Waals surface area contributed by atoms with Crippen molar-refractivity contribution in [2.45, 2.75) is 19.8 Å². The number of anilines is 1. The largest absolute Gasteiger partial charge is 0.381 e. The second-order valence-electron chi connectivity index (χ2n) is 8.51. The van der Waals surface area contributed by atoms with Gasteiger partial charge in [-0.2, -0.15) is 0 Å². The molecule has 1 N–H and O–H groups in total. The van der Waals surface area contributed by atoms with Crippen LogP contribution in [0.2, 0.25) is 0 Å². The van der Waals surface area contributed by atoms with E-state index >= 15 is 0 Å². The van der Waals surface area contributed by atoms with Gasteiger partial charge in [0.05, 0.1) is 13.2 Å². The molecule has 1 aromatic carbocycles. The summed E-state index contributed by atoms with van der Waals surface area (Å²) in [6.07, 6.45) is 2.39. The molecule has 30 heavy (non-hydrogen) atoms. The topological polar surface area (TPSA) is 43.3 Å². The minimum absolute atomic E-state index is 0. The number of benzene rings is 1. The average Bonchev–Trinajstić information content (AvgIpc) is 3.38. The van der Waals surface area contributed by atoms with Crippen LogP contribution in [0.4, 0.5) is 10.1 Å². The second kappa shape index (κ2) is 10.9. The van der Waals surface area contributed by atoms with Crippen LogP contribution in [0.25, 0.3) is 0 Å². The molecule has 0 aromatic heterocycles. The predicted octanol–water partition coefficient (Wildman–Crippen LogP) is 2.64. The van der Waals surface area contributed by atoms with Crippen molar-refractivity contribution in [2.24, 2.45) is 10.4 Å². The minimum atomic E-state index is -0.175. The Morgan fingerprint density at radius 3 is 2.57 bits per heavy atom. The van der Waals surface area contributed by atoms with Crippen molar-refractivity contribution in [1.82, 2.24) is 15.1 Å². The van der Waals surface area contributed by atoms with Crippen molar-refractivity contribution in [3.63, 3.8) is 0 Å². The molecule has 3 aliphatic rings. The fourth-order valence-corrected chi connectivity index (χ4v) is 4.69. The maximum atomic E-state index is 13.1. The van der Waals surface area contributed by atoms with Gasteiger partial charge in [-0.05, 0) is 44.0 Å². The summed E-state index contributed by atoms with van der Waals surface area (Å²) in [5.41, 5.74) is 1.46. The Bertz CT molecular complexity index is 687. The second-order valence-corrected chi connectivity index (χ2v) is 8.51. The van der Waals surface area contributed by atoms with Crippen molar-refractivity contribution in [2.75, 3.05) is 77.0 Å². The number of nitrogens with zero attached hydrogens (tertiary/aromatic N) is 4. The van der Waals surface area contributed by atoms with Gasteiger partial charge in [-0.3, -0.25) is 9.89 Å². The fourth-order valence-electron chi connectivity index (χ4n) is 4.69. The van der Waals surface area contributed by atoms with E-state index in [1.165, 1.54) is 12.8 Å². The number of aliphatic imine (C=N–C) groups is 1. The van der Waals surface area contributed by atoms with E-state index in [0.29, 0.717) is 5.41 Å². The van der Waals surface area contributed by atoms with E-state index in [2.05, 4.69) is 26.9 Å². The molecule has 4 rings (SSSR count). The molecule has 0 amide bonds. The highest BCUT2D eigenvalue weighted by molar-refractivity contribution is 14.0. The number of hydrogen-bond donors (Lipinski definition) is 1. The van der Waals surface area contributed by atoms with Crippen LogP contribution in [-0.2, 0) is 4.74 Å². The molecule has 1 aromatic rings. The third kappa shape index (κ3) is 5.76. The number of nitrogens with one attached hydrogen (secondary N) is 1. The van der Waals surface area contributed by atoms with Crippen LogP contribution >= 0.6 is 24.0 Å². The monoisotopic (exact) mass is 531 g/mol. The molecule has 3 heterocycles. The van der Waals surface area contributed by atoms with E-state index in [-0.39, 0.29) is 29.8 Å². The fraction of sp³-hybridized carbons (Fsp3) is 0.682. The Balaban J connectivity index is 0.00000256. The van der Waals surface area contributed by atoms with Gasteiger partial charge in [-0.1, -0.05) is 0 Å². The Labute approximate surface area is 196 Å². The molecule has 1 atom stereocenters. The molecule has 3 saturated heterocycles. The molecule has 6 nitrogen and oxygen atoms in total. The van der Waals surface area contributed by atoms with Gasteiger partial charge in [0, 0.05) is 70.1 Å². The zero-order valence-electron chi connectivity index (χ0n) is 18.0. The lowest BCUT2D eigenvalue weighted by Crippen LogP contribution is -2.47. The molecule has 8 heteroatoms. The zero-order chi connectivity index (χ0) is 20.1. The summed E-state index contributed by atoms with van der Waals surface area (Å²) < 4.78 is 18.8. The van der Waals surface area contributed by atoms with Gasteiger partial charge in [0.15, 0.2) is 5.96 Å². The lowest BCUT2D eigenvalue weighted by atomic mass is 9.87. The van der Waals surface area contributed by atoms with Crippen LogP contribution in [0.3, 0.4) is 0 Å². The Morgan fingerprint density at radius 1 is 1.13 bits per heavy atom. The van der Waals surface area contributed by atoms with E-state index in [1.807, 2.05) is 12.1 Å². The van der Waals surface area contributed by atoms with Gasteiger partial charge in [0.1, 0.15) is 5.82 Å². The van der Waals surface area contributed by atoms with Crippen molar-refractivity contribution in [1.29, 1.82) is 0 Å². The predicted molar refractivity (Wildman–Crippen MR) is 131 cm³/mol. The van der Waals surface area contributed by atoms with Crippen molar-refractivity contribution in [3.8, 4) is 0 Å². The summed E-state index contributed by atoms with van der Waals surface area (Å²) in [5.74, 6) is 0.882. The van der Waals surface area contributed by atoms with Gasteiger partial charge in [0.2, 0.25) is 0 Å². The normalized spacial score (nSPS) is 25.1. The first kappa shape index (κ1) is 23.5. The van der Waals surface area contributed by atoms with Gasteiger partial charge in [0.25, 0.3) is 0 Å². The van der Waals surface area contributed by atoms with Crippen LogP contribution in [0.15, 0.2) is 29.3 Å². The summed E-state index contributed by atoms with van der Waals surface area (Å²) in [5, 5.41) is 3.48. The molecule has 1 unspecified atom stereocenters. The highest BCUT2D eigenvalue weighted by Gasteiger charge is 2.42. The molecule has 0 aliphatic carbocycles. The third-order valence-electron chi connectivity index (χ3n) is 6.50. The van der Waals surface area contributed by atoms with Crippen LogP contribution in [0, 0.1) is 11.2 Å². The summed E-state index contributed by atoms with van der Waals surface area (Å²) >= 11 is 0. The Hall–Kier alpha value is -1.13. The number of guanidine groups is 1.